The van der Waals surface area contributed by atoms with Crippen LogP contribution in [0, 0.1) is 13.8 Å². The van der Waals surface area contributed by atoms with Crippen molar-refractivity contribution in [3.8, 4) is 11.5 Å². The maximum Gasteiger partial charge on any atom is 0.343 e. The number of carbonyl (C=O) groups is 2. The van der Waals surface area contributed by atoms with Gasteiger partial charge in [0.25, 0.3) is 5.91 Å². The van der Waals surface area contributed by atoms with Gasteiger partial charge in [-0.25, -0.2) is 10.2 Å². The number of nitrogens with one attached hydrogen (secondary N) is 1. The summed E-state index contributed by atoms with van der Waals surface area (Å²) >= 11 is 0. The molecule has 152 valence electrons. The highest BCUT2D eigenvalue weighted by Crippen LogP contribution is 2.16. The molecule has 0 fully saturated rings. The second-order valence-electron chi connectivity index (χ2n) is 6.65. The van der Waals surface area contributed by atoms with Gasteiger partial charge in [-0.1, -0.05) is 24.3 Å². The normalized spacial score (nSPS) is 10.6. The van der Waals surface area contributed by atoms with Gasteiger partial charge in [0.15, 0.2) is 6.61 Å². The molecule has 3 aromatic carbocycles. The first-order valence-electron chi connectivity index (χ1n) is 9.40. The fraction of sp³-hybridized carbons (Fsp3) is 0.125. The lowest BCUT2D eigenvalue weighted by Crippen LogP contribution is -2.24. The van der Waals surface area contributed by atoms with E-state index in [1.165, 1.54) is 6.21 Å². The first-order chi connectivity index (χ1) is 14.5. The lowest BCUT2D eigenvalue weighted by Gasteiger charge is -2.07. The molecule has 30 heavy (non-hydrogen) atoms. The van der Waals surface area contributed by atoms with Gasteiger partial charge in [-0.2, -0.15) is 5.10 Å². The summed E-state index contributed by atoms with van der Waals surface area (Å²) in [6.07, 6.45) is 1.50. The third kappa shape index (κ3) is 6.04. The molecule has 0 aliphatic carbocycles. The molecule has 1 amide bonds. The third-order valence-corrected chi connectivity index (χ3v) is 4.35. The Labute approximate surface area is 175 Å². The Hall–Kier alpha value is -3.93. The molecule has 1 N–H and O–H groups in total. The maximum atomic E-state index is 12.0. The molecule has 0 aromatic heterocycles. The fourth-order valence-corrected chi connectivity index (χ4v) is 2.53. The first kappa shape index (κ1) is 20.8. The van der Waals surface area contributed by atoms with Crippen LogP contribution in [-0.4, -0.2) is 24.7 Å². The summed E-state index contributed by atoms with van der Waals surface area (Å²) < 4.78 is 10.8. The zero-order valence-corrected chi connectivity index (χ0v) is 16.8. The quantitative estimate of drug-likeness (QED) is 0.280. The van der Waals surface area contributed by atoms with E-state index in [2.05, 4.69) is 10.5 Å². The van der Waals surface area contributed by atoms with E-state index in [1.807, 2.05) is 38.1 Å². The van der Waals surface area contributed by atoms with Crippen LogP contribution >= 0.6 is 0 Å². The van der Waals surface area contributed by atoms with Crippen LogP contribution in [0.1, 0.15) is 27.0 Å². The highest BCUT2D eigenvalue weighted by atomic mass is 16.5. The van der Waals surface area contributed by atoms with E-state index in [0.717, 1.165) is 16.7 Å². The van der Waals surface area contributed by atoms with Gasteiger partial charge in [0.2, 0.25) is 0 Å². The van der Waals surface area contributed by atoms with E-state index >= 15 is 0 Å². The van der Waals surface area contributed by atoms with Crippen molar-refractivity contribution < 1.29 is 19.1 Å². The van der Waals surface area contributed by atoms with Gasteiger partial charge in [0.1, 0.15) is 11.5 Å². The number of esters is 1. The predicted molar refractivity (Wildman–Crippen MR) is 115 cm³/mol. The van der Waals surface area contributed by atoms with Gasteiger partial charge in [-0.15, -0.1) is 0 Å². The molecule has 0 spiro atoms. The number of ether oxygens (including phenoxy) is 2. The van der Waals surface area contributed by atoms with Crippen molar-refractivity contribution in [2.45, 2.75) is 13.8 Å². The molecule has 0 bridgehead atoms. The van der Waals surface area contributed by atoms with Crippen LogP contribution in [0.3, 0.4) is 0 Å². The average Bonchev–Trinajstić information content (AvgIpc) is 2.76. The summed E-state index contributed by atoms with van der Waals surface area (Å²) in [5.74, 6) is 0.274. The molecule has 0 aliphatic heterocycles. The second-order valence-corrected chi connectivity index (χ2v) is 6.65. The molecule has 3 aromatic rings. The van der Waals surface area contributed by atoms with Gasteiger partial charge in [0.05, 0.1) is 11.8 Å². The van der Waals surface area contributed by atoms with E-state index < -0.39 is 5.97 Å². The number of benzene rings is 3. The first-order valence-corrected chi connectivity index (χ1v) is 9.40. The van der Waals surface area contributed by atoms with E-state index in [-0.39, 0.29) is 12.5 Å². The minimum Gasteiger partial charge on any atom is -0.484 e. The number of hydrogen-bond acceptors (Lipinski definition) is 5. The third-order valence-electron chi connectivity index (χ3n) is 4.35. The average molecular weight is 402 g/mol. The number of rotatable bonds is 7. The predicted octanol–water partition coefficient (Wildman–Crippen LogP) is 4.05. The molecule has 0 saturated carbocycles. The Balaban J connectivity index is 1.46. The van der Waals surface area contributed by atoms with Gasteiger partial charge in [0, 0.05) is 0 Å². The lowest BCUT2D eigenvalue weighted by atomic mass is 10.1. The molecule has 6 heteroatoms. The molecule has 3 rings (SSSR count). The summed E-state index contributed by atoms with van der Waals surface area (Å²) in [4.78, 5) is 23.9. The summed E-state index contributed by atoms with van der Waals surface area (Å²) in [6, 6.07) is 21.2. The standard InChI is InChI=1S/C24H22N2O4/c1-17-8-11-22(14-18(17)2)29-16-23(27)26-25-15-19-9-12-21(13-10-19)30-24(28)20-6-4-3-5-7-20/h3-15H,16H2,1-2H3,(H,26,27)/b25-15+. The van der Waals surface area contributed by atoms with E-state index in [4.69, 9.17) is 9.47 Å². The minimum absolute atomic E-state index is 0.131. The van der Waals surface area contributed by atoms with Crippen LogP contribution in [0.2, 0.25) is 0 Å². The Kier molecular flexibility index (Phi) is 6.95. The van der Waals surface area contributed by atoms with Gasteiger partial charge < -0.3 is 9.47 Å². The number of carbonyl (C=O) groups excluding carboxylic acids is 2. The van der Waals surface area contributed by atoms with Crippen LogP contribution in [-0.2, 0) is 4.79 Å². The highest BCUT2D eigenvalue weighted by Gasteiger charge is 2.07. The van der Waals surface area contributed by atoms with Crippen molar-refractivity contribution in [1.29, 1.82) is 0 Å². The fourth-order valence-electron chi connectivity index (χ4n) is 2.53. The minimum atomic E-state index is -0.423. The Morgan fingerprint density at radius 3 is 2.30 bits per heavy atom. The molecule has 0 radical (unpaired) electrons. The topological polar surface area (TPSA) is 77.0 Å². The molecule has 0 heterocycles. The van der Waals surface area contributed by atoms with E-state index in [9.17, 15) is 9.59 Å². The van der Waals surface area contributed by atoms with Gasteiger partial charge >= 0.3 is 5.97 Å². The summed E-state index contributed by atoms with van der Waals surface area (Å²) in [5.41, 5.74) is 5.90. The zero-order valence-electron chi connectivity index (χ0n) is 16.8. The van der Waals surface area contributed by atoms with Crippen molar-refractivity contribution in [3.05, 3.63) is 95.1 Å². The van der Waals surface area contributed by atoms with Crippen molar-refractivity contribution in [3.63, 3.8) is 0 Å². The molecule has 0 saturated heterocycles. The summed E-state index contributed by atoms with van der Waals surface area (Å²) in [5, 5.41) is 3.91. The number of aryl methyl sites for hydroxylation is 2. The highest BCUT2D eigenvalue weighted by molar-refractivity contribution is 5.91. The second kappa shape index (κ2) is 10.0. The Bertz CT molecular complexity index is 1040. The molecule has 6 nitrogen and oxygen atoms in total. The summed E-state index contributed by atoms with van der Waals surface area (Å²) in [6.45, 7) is 3.87. The van der Waals surface area contributed by atoms with Gasteiger partial charge in [-0.3, -0.25) is 4.79 Å². The lowest BCUT2D eigenvalue weighted by molar-refractivity contribution is -0.123. The smallest absolute Gasteiger partial charge is 0.343 e. The van der Waals surface area contributed by atoms with Crippen molar-refractivity contribution >= 4 is 18.1 Å². The van der Waals surface area contributed by atoms with Crippen LogP contribution in [0.4, 0.5) is 0 Å². The van der Waals surface area contributed by atoms with Crippen LogP contribution in [0.25, 0.3) is 0 Å². The largest absolute Gasteiger partial charge is 0.484 e. The zero-order chi connectivity index (χ0) is 21.3. The number of hydrazone groups is 1. The van der Waals surface area contributed by atoms with Gasteiger partial charge in [-0.05, 0) is 79.1 Å². The Morgan fingerprint density at radius 1 is 0.900 bits per heavy atom. The molecular formula is C24H22N2O4. The van der Waals surface area contributed by atoms with E-state index in [0.29, 0.717) is 17.1 Å². The number of amides is 1. The van der Waals surface area contributed by atoms with Crippen molar-refractivity contribution in [2.24, 2.45) is 5.10 Å². The monoisotopic (exact) mass is 402 g/mol. The van der Waals surface area contributed by atoms with Crippen molar-refractivity contribution in [1.82, 2.24) is 5.43 Å². The number of nitrogens with zero attached hydrogens (tertiary/aromatic N) is 1. The van der Waals surface area contributed by atoms with Crippen LogP contribution in [0.15, 0.2) is 77.9 Å². The Morgan fingerprint density at radius 2 is 1.60 bits per heavy atom. The number of hydrogen-bond donors (Lipinski definition) is 1. The van der Waals surface area contributed by atoms with E-state index in [1.54, 1.807) is 48.5 Å². The molecule has 0 unspecified atom stereocenters. The SMILES string of the molecule is Cc1ccc(OCC(=O)N/N=C/c2ccc(OC(=O)c3ccccc3)cc2)cc1C. The maximum absolute atomic E-state index is 12.0. The van der Waals surface area contributed by atoms with Crippen LogP contribution in [0.5, 0.6) is 11.5 Å². The molecule has 0 atom stereocenters. The van der Waals surface area contributed by atoms with Crippen LogP contribution < -0.4 is 14.9 Å². The van der Waals surface area contributed by atoms with Crippen molar-refractivity contribution in [2.75, 3.05) is 6.61 Å². The molecule has 0 aliphatic rings. The summed E-state index contributed by atoms with van der Waals surface area (Å²) in [7, 11) is 0. The molecular weight excluding hydrogens is 380 g/mol.